The monoisotopic (exact) mass is 284 g/mol. The molecule has 0 aromatic heterocycles. The minimum absolute atomic E-state index is 0. The summed E-state index contributed by atoms with van der Waals surface area (Å²) >= 11 is 3.96. The molecule has 0 aliphatic rings. The quantitative estimate of drug-likeness (QED) is 0.602. The maximum Gasteiger partial charge on any atom is 0.336 e. The summed E-state index contributed by atoms with van der Waals surface area (Å²) in [6.07, 6.45) is 0. The van der Waals surface area contributed by atoms with E-state index in [1.165, 1.54) is 6.07 Å². The van der Waals surface area contributed by atoms with Crippen molar-refractivity contribution in [3.8, 4) is 0 Å². The summed E-state index contributed by atoms with van der Waals surface area (Å²) in [5.74, 6) is -0.939. The molecule has 0 spiro atoms. The van der Waals surface area contributed by atoms with Gasteiger partial charge in [-0.2, -0.15) is 0 Å². The summed E-state index contributed by atoms with van der Waals surface area (Å²) in [5, 5.41) is 8.52. The fourth-order valence-corrected chi connectivity index (χ4v) is 0.911. The van der Waals surface area contributed by atoms with E-state index in [0.717, 1.165) is 0 Å². The van der Waals surface area contributed by atoms with Crippen molar-refractivity contribution in [2.75, 3.05) is 0 Å². The number of carboxylic acid groups (broad SMARTS) is 1. The molecule has 0 unspecified atom stereocenters. The minimum atomic E-state index is -0.939. The summed E-state index contributed by atoms with van der Waals surface area (Å²) in [7, 11) is 0. The van der Waals surface area contributed by atoms with Crippen LogP contribution in [0.5, 0.6) is 0 Å². The maximum atomic E-state index is 10.4. The molecule has 0 aliphatic carbocycles. The molecule has 64 valence electrons. The summed E-state index contributed by atoms with van der Waals surface area (Å²) < 4.78 is 0. The fraction of sp³-hybridized carbons (Fsp3) is 0. The Labute approximate surface area is 114 Å². The Kier molecular flexibility index (Phi) is 9.17. The van der Waals surface area contributed by atoms with Crippen molar-refractivity contribution < 1.29 is 32.3 Å². The zero-order valence-electron chi connectivity index (χ0n) is 6.41. The Morgan fingerprint density at radius 3 is 2.17 bits per heavy atom. The predicted octanol–water partition coefficient (Wildman–Crippen LogP) is 1.29. The van der Waals surface area contributed by atoms with E-state index in [9.17, 15) is 4.79 Å². The molecule has 0 heterocycles. The zero-order valence-corrected chi connectivity index (χ0v) is 10.8. The van der Waals surface area contributed by atoms with Crippen LogP contribution in [0.1, 0.15) is 10.4 Å². The zero-order chi connectivity index (χ0) is 7.56. The number of hydrogen-bond donors (Lipinski definition) is 2. The van der Waals surface area contributed by atoms with Crippen molar-refractivity contribution in [3.05, 3.63) is 29.8 Å². The van der Waals surface area contributed by atoms with Gasteiger partial charge in [0.05, 0.1) is 5.56 Å². The Morgan fingerprint density at radius 1 is 1.33 bits per heavy atom. The van der Waals surface area contributed by atoms with Crippen molar-refractivity contribution in [2.24, 2.45) is 0 Å². The summed E-state index contributed by atoms with van der Waals surface area (Å²) in [4.78, 5) is 10.9. The molecule has 1 N–H and O–H groups in total. The van der Waals surface area contributed by atoms with Crippen LogP contribution in [-0.4, -0.2) is 40.6 Å². The first-order chi connectivity index (χ1) is 4.72. The van der Waals surface area contributed by atoms with Gasteiger partial charge in [-0.1, -0.05) is 12.1 Å². The molecule has 0 atom stereocenters. The maximum absolute atomic E-state index is 10.4. The molecule has 0 aliphatic heterocycles. The van der Waals surface area contributed by atoms with E-state index in [-0.39, 0.29) is 57.5 Å². The SMILES string of the molecule is O=C(O)c1ccccc1S.[Ag].[Na]. The molecule has 12 heavy (non-hydrogen) atoms. The van der Waals surface area contributed by atoms with Crippen LogP contribution in [0, 0.1) is 0 Å². The van der Waals surface area contributed by atoms with Crippen LogP contribution in [0.15, 0.2) is 29.2 Å². The van der Waals surface area contributed by atoms with Gasteiger partial charge in [0.15, 0.2) is 0 Å². The third kappa shape index (κ3) is 4.14. The second-order valence-corrected chi connectivity index (χ2v) is 2.30. The standard InChI is InChI=1S/C7H6O2S.Ag.Na/c8-7(9)5-3-1-2-4-6(5)10;;/h1-4,10H,(H,8,9);;. The molecule has 1 rings (SSSR count). The molecule has 0 amide bonds. The van der Waals surface area contributed by atoms with Crippen molar-refractivity contribution in [3.63, 3.8) is 0 Å². The van der Waals surface area contributed by atoms with Gasteiger partial charge in [0.25, 0.3) is 0 Å². The summed E-state index contributed by atoms with van der Waals surface area (Å²) in [6.45, 7) is 0. The first-order valence-corrected chi connectivity index (χ1v) is 3.18. The van der Waals surface area contributed by atoms with Gasteiger partial charge in [0.2, 0.25) is 0 Å². The number of carbonyl (C=O) groups is 1. The molecule has 2 radical (unpaired) electrons. The Bertz CT molecular complexity index is 267. The first kappa shape index (κ1) is 15.3. The Balaban J connectivity index is 0. The third-order valence-corrected chi connectivity index (χ3v) is 1.52. The van der Waals surface area contributed by atoms with Crippen LogP contribution >= 0.6 is 12.6 Å². The van der Waals surface area contributed by atoms with Gasteiger partial charge >= 0.3 is 5.97 Å². The van der Waals surface area contributed by atoms with E-state index in [2.05, 4.69) is 12.6 Å². The van der Waals surface area contributed by atoms with E-state index in [0.29, 0.717) is 4.90 Å². The number of thiol groups is 1. The number of carboxylic acids is 1. The van der Waals surface area contributed by atoms with Gasteiger partial charge in [-0.15, -0.1) is 12.6 Å². The van der Waals surface area contributed by atoms with E-state index < -0.39 is 5.97 Å². The summed E-state index contributed by atoms with van der Waals surface area (Å²) in [5.41, 5.74) is 0.242. The fourth-order valence-electron chi connectivity index (χ4n) is 0.654. The van der Waals surface area contributed by atoms with E-state index in [4.69, 9.17) is 5.11 Å². The van der Waals surface area contributed by atoms with Crippen LogP contribution in [0.2, 0.25) is 0 Å². The van der Waals surface area contributed by atoms with E-state index in [1.54, 1.807) is 18.2 Å². The molecule has 1 aromatic carbocycles. The molecule has 1 aromatic rings. The van der Waals surface area contributed by atoms with Crippen molar-refractivity contribution in [2.45, 2.75) is 4.90 Å². The number of hydrogen-bond acceptors (Lipinski definition) is 2. The van der Waals surface area contributed by atoms with E-state index >= 15 is 0 Å². The normalized spacial score (nSPS) is 7.75. The molecule has 2 nitrogen and oxygen atoms in total. The molecule has 0 saturated heterocycles. The van der Waals surface area contributed by atoms with E-state index in [1.807, 2.05) is 0 Å². The molecule has 0 bridgehead atoms. The summed E-state index contributed by atoms with van der Waals surface area (Å²) in [6, 6.07) is 6.58. The second-order valence-electron chi connectivity index (χ2n) is 1.82. The number of rotatable bonds is 1. The molecular formula is C7H6AgNaO2S. The average molecular weight is 285 g/mol. The van der Waals surface area contributed by atoms with Crippen LogP contribution in [0.3, 0.4) is 0 Å². The molecule has 0 saturated carbocycles. The topological polar surface area (TPSA) is 37.3 Å². The third-order valence-electron chi connectivity index (χ3n) is 1.13. The second kappa shape index (κ2) is 7.21. The smallest absolute Gasteiger partial charge is 0.336 e. The van der Waals surface area contributed by atoms with Crippen molar-refractivity contribution >= 4 is 48.2 Å². The minimum Gasteiger partial charge on any atom is -0.478 e. The average Bonchev–Trinajstić information content (AvgIpc) is 1.88. The van der Waals surface area contributed by atoms with Crippen LogP contribution in [0.25, 0.3) is 0 Å². The van der Waals surface area contributed by atoms with Gasteiger partial charge in [-0.05, 0) is 12.1 Å². The molecule has 0 fully saturated rings. The van der Waals surface area contributed by atoms with Gasteiger partial charge in [-0.3, -0.25) is 0 Å². The first-order valence-electron chi connectivity index (χ1n) is 2.73. The Hall–Kier alpha value is 0.780. The Morgan fingerprint density at radius 2 is 1.83 bits per heavy atom. The largest absolute Gasteiger partial charge is 0.478 e. The number of benzene rings is 1. The van der Waals surface area contributed by atoms with Gasteiger partial charge in [0.1, 0.15) is 0 Å². The molecule has 5 heteroatoms. The van der Waals surface area contributed by atoms with Gasteiger partial charge < -0.3 is 5.11 Å². The van der Waals surface area contributed by atoms with Gasteiger partial charge in [0, 0.05) is 56.8 Å². The number of aromatic carboxylic acids is 1. The predicted molar refractivity (Wildman–Crippen MR) is 46.4 cm³/mol. The van der Waals surface area contributed by atoms with Crippen LogP contribution in [-0.2, 0) is 22.4 Å². The van der Waals surface area contributed by atoms with Crippen molar-refractivity contribution in [1.29, 1.82) is 0 Å². The van der Waals surface area contributed by atoms with Crippen LogP contribution in [0.4, 0.5) is 0 Å². The molecular weight excluding hydrogens is 279 g/mol. The van der Waals surface area contributed by atoms with Gasteiger partial charge in [-0.25, -0.2) is 4.79 Å². The van der Waals surface area contributed by atoms with Crippen molar-refractivity contribution in [1.82, 2.24) is 0 Å². The van der Waals surface area contributed by atoms with Crippen LogP contribution < -0.4 is 0 Å².